The van der Waals surface area contributed by atoms with Gasteiger partial charge in [-0.3, -0.25) is 9.11 Å². The predicted octanol–water partition coefficient (Wildman–Crippen LogP) is -1.51. The molecule has 2 unspecified atom stereocenters. The highest BCUT2D eigenvalue weighted by molar-refractivity contribution is 7.86. The van der Waals surface area contributed by atoms with Gasteiger partial charge in [-0.05, 0) is 0 Å². The summed E-state index contributed by atoms with van der Waals surface area (Å²) in [7, 11) is -7.88. The number of piperazine rings is 2. The Bertz CT molecular complexity index is 753. The highest BCUT2D eigenvalue weighted by Gasteiger charge is 2.66. The van der Waals surface area contributed by atoms with E-state index in [4.69, 9.17) is 9.11 Å². The van der Waals surface area contributed by atoms with Crippen LogP contribution >= 0.6 is 0 Å². The van der Waals surface area contributed by atoms with E-state index in [1.54, 1.807) is 0 Å². The molecule has 0 spiro atoms. The van der Waals surface area contributed by atoms with Crippen molar-refractivity contribution in [1.29, 1.82) is 0 Å². The zero-order valence-corrected chi connectivity index (χ0v) is 17.8. The summed E-state index contributed by atoms with van der Waals surface area (Å²) in [4.78, 5) is 5.07. The fourth-order valence-electron chi connectivity index (χ4n) is 6.29. The van der Waals surface area contributed by atoms with Crippen LogP contribution in [0, 0.1) is 0 Å². The molecule has 4 fully saturated rings. The van der Waals surface area contributed by atoms with E-state index in [9.17, 15) is 16.8 Å². The smallest absolute Gasteiger partial charge is 0.265 e. The fraction of sp³-hybridized carbons (Fsp3) is 1.00. The van der Waals surface area contributed by atoms with Crippen molar-refractivity contribution in [2.75, 3.05) is 77.0 Å². The molecule has 0 saturated carbocycles. The summed E-state index contributed by atoms with van der Waals surface area (Å²) in [5.41, 5.74) is 0. The lowest BCUT2D eigenvalue weighted by Crippen LogP contribution is -2.78. The molecule has 4 aliphatic heterocycles. The van der Waals surface area contributed by atoms with Crippen molar-refractivity contribution in [3.8, 4) is 0 Å². The summed E-state index contributed by atoms with van der Waals surface area (Å²) in [6.07, 6.45) is 1.52. The van der Waals surface area contributed by atoms with Crippen LogP contribution in [-0.2, 0) is 20.2 Å². The largest absolute Gasteiger partial charge is 0.300 e. The molecule has 2 atom stereocenters. The Labute approximate surface area is 167 Å². The number of quaternary nitrogens is 2. The lowest BCUT2D eigenvalue weighted by molar-refractivity contribution is -1.03. The molecule has 0 radical (unpaired) electrons. The van der Waals surface area contributed by atoms with Crippen molar-refractivity contribution in [2.24, 2.45) is 0 Å². The molecule has 0 amide bonds. The molecule has 10 nitrogen and oxygen atoms in total. The number of hydrogen-bond acceptors (Lipinski definition) is 6. The summed E-state index contributed by atoms with van der Waals surface area (Å²) in [6.45, 7) is 9.45. The molecule has 4 saturated heterocycles. The predicted molar refractivity (Wildman–Crippen MR) is 103 cm³/mol. The Hall–Kier alpha value is -0.340. The third kappa shape index (κ3) is 3.85. The normalized spacial score (nSPS) is 38.6. The van der Waals surface area contributed by atoms with Crippen LogP contribution in [0.3, 0.4) is 0 Å². The second-order valence-electron chi connectivity index (χ2n) is 8.96. The Morgan fingerprint density at radius 2 is 1.00 bits per heavy atom. The first-order chi connectivity index (χ1) is 13.0. The summed E-state index contributed by atoms with van der Waals surface area (Å²) in [5.74, 6) is -0.384. The van der Waals surface area contributed by atoms with Gasteiger partial charge >= 0.3 is 0 Å². The van der Waals surface area contributed by atoms with Crippen molar-refractivity contribution < 1.29 is 34.9 Å². The minimum atomic E-state index is -3.94. The quantitative estimate of drug-likeness (QED) is 0.346. The number of nitrogens with zero attached hydrogens (tertiary/aromatic N) is 4. The first kappa shape index (κ1) is 20.9. The van der Waals surface area contributed by atoms with Crippen LogP contribution < -0.4 is 0 Å². The summed E-state index contributed by atoms with van der Waals surface area (Å²) in [5, 5.41) is 0. The van der Waals surface area contributed by atoms with Gasteiger partial charge in [-0.2, -0.15) is 16.8 Å². The maximum atomic E-state index is 11.2. The van der Waals surface area contributed by atoms with Gasteiger partial charge in [0.25, 0.3) is 20.2 Å². The van der Waals surface area contributed by atoms with E-state index in [0.717, 1.165) is 74.4 Å². The van der Waals surface area contributed by atoms with Crippen molar-refractivity contribution in [2.45, 2.75) is 25.2 Å². The van der Waals surface area contributed by atoms with Gasteiger partial charge in [-0.1, -0.05) is 0 Å². The van der Waals surface area contributed by atoms with Gasteiger partial charge in [0.2, 0.25) is 12.3 Å². The van der Waals surface area contributed by atoms with Crippen LogP contribution in [0.25, 0.3) is 0 Å². The molecule has 4 rings (SSSR count). The second kappa shape index (κ2) is 7.12. The molecule has 0 aromatic heterocycles. The SMILES string of the molecule is O=S(=O)(O)CCC[N+]12CCN3CC[N+]4(CCCS(=O)(=O)O)CCN(CC1)C4C32. The van der Waals surface area contributed by atoms with Crippen molar-refractivity contribution >= 4 is 20.2 Å². The Morgan fingerprint density at radius 1 is 0.679 bits per heavy atom. The van der Waals surface area contributed by atoms with Gasteiger partial charge in [0.05, 0.1) is 77.0 Å². The van der Waals surface area contributed by atoms with Gasteiger partial charge in [-0.25, -0.2) is 9.80 Å². The molecule has 0 aliphatic carbocycles. The minimum Gasteiger partial charge on any atom is -0.300 e. The van der Waals surface area contributed by atoms with E-state index in [0.29, 0.717) is 25.2 Å². The van der Waals surface area contributed by atoms with E-state index in [1.807, 2.05) is 0 Å². The summed E-state index contributed by atoms with van der Waals surface area (Å²) in [6, 6.07) is 0. The molecule has 0 aromatic carbocycles. The van der Waals surface area contributed by atoms with Crippen LogP contribution in [-0.4, -0.2) is 134 Å². The molecular weight excluding hydrogens is 408 g/mol. The van der Waals surface area contributed by atoms with Gasteiger partial charge < -0.3 is 8.97 Å². The molecule has 28 heavy (non-hydrogen) atoms. The van der Waals surface area contributed by atoms with Crippen LogP contribution in [0.1, 0.15) is 12.8 Å². The van der Waals surface area contributed by atoms with Crippen molar-refractivity contribution in [3.05, 3.63) is 0 Å². The standard InChI is InChI=1S/C16H30N4O6S2/c21-27(22,23)13-1-7-19-9-3-17-6-12-20(8-2-14-28(24,25)26)10-4-18(5-11-19)16(20)15(17)19/h15-16H,1-14H2/p+2. The lowest BCUT2D eigenvalue weighted by Gasteiger charge is -2.56. The first-order valence-corrected chi connectivity index (χ1v) is 13.4. The molecular formula is C16H32N4O6S2+2. The summed E-state index contributed by atoms with van der Waals surface area (Å²) >= 11 is 0. The Balaban J connectivity index is 1.54. The Morgan fingerprint density at radius 3 is 1.29 bits per heavy atom. The van der Waals surface area contributed by atoms with Gasteiger partial charge in [0.1, 0.15) is 0 Å². The molecule has 0 bridgehead atoms. The number of rotatable bonds is 8. The second-order valence-corrected chi connectivity index (χ2v) is 12.1. The topological polar surface area (TPSA) is 115 Å². The maximum Gasteiger partial charge on any atom is 0.265 e. The van der Waals surface area contributed by atoms with Crippen molar-refractivity contribution in [3.63, 3.8) is 0 Å². The van der Waals surface area contributed by atoms with Crippen LogP contribution in [0.4, 0.5) is 0 Å². The molecule has 4 aliphatic rings. The van der Waals surface area contributed by atoms with Crippen LogP contribution in [0.5, 0.6) is 0 Å². The third-order valence-corrected chi connectivity index (χ3v) is 9.09. The van der Waals surface area contributed by atoms with E-state index < -0.39 is 20.2 Å². The highest BCUT2D eigenvalue weighted by atomic mass is 32.2. The van der Waals surface area contributed by atoms with E-state index in [-0.39, 0.29) is 11.5 Å². The van der Waals surface area contributed by atoms with E-state index >= 15 is 0 Å². The molecule has 162 valence electrons. The Kier molecular flexibility index (Phi) is 5.32. The third-order valence-electron chi connectivity index (χ3n) is 7.48. The molecule has 4 heterocycles. The van der Waals surface area contributed by atoms with E-state index in [1.165, 1.54) is 0 Å². The van der Waals surface area contributed by atoms with Gasteiger partial charge in [0, 0.05) is 12.8 Å². The maximum absolute atomic E-state index is 11.2. The minimum absolute atomic E-state index is 0.192. The van der Waals surface area contributed by atoms with Gasteiger partial charge in [0.15, 0.2) is 0 Å². The van der Waals surface area contributed by atoms with E-state index in [2.05, 4.69) is 9.80 Å². The average molecular weight is 441 g/mol. The molecule has 0 aromatic rings. The molecule has 2 N–H and O–H groups in total. The zero-order chi connectivity index (χ0) is 20.2. The van der Waals surface area contributed by atoms with Crippen LogP contribution in [0.15, 0.2) is 0 Å². The zero-order valence-electron chi connectivity index (χ0n) is 16.2. The fourth-order valence-corrected chi connectivity index (χ4v) is 7.27. The number of hydrogen-bond donors (Lipinski definition) is 2. The van der Waals surface area contributed by atoms with Crippen molar-refractivity contribution in [1.82, 2.24) is 9.80 Å². The average Bonchev–Trinajstić information content (AvgIpc) is 3.11. The first-order valence-electron chi connectivity index (χ1n) is 10.1. The van der Waals surface area contributed by atoms with Gasteiger partial charge in [-0.15, -0.1) is 0 Å². The monoisotopic (exact) mass is 440 g/mol. The molecule has 12 heteroatoms. The highest BCUT2D eigenvalue weighted by Crippen LogP contribution is 2.43. The summed E-state index contributed by atoms with van der Waals surface area (Å²) < 4.78 is 64.7. The lowest BCUT2D eigenvalue weighted by atomic mass is 10.1. The van der Waals surface area contributed by atoms with Crippen LogP contribution in [0.2, 0.25) is 0 Å².